The molecule has 0 aromatic heterocycles. The molecular formula is C17H26N2O5S. The van der Waals surface area contributed by atoms with Crippen LogP contribution in [0, 0.1) is 0 Å². The van der Waals surface area contributed by atoms with E-state index in [0.29, 0.717) is 5.69 Å². The Balaban J connectivity index is 2.23. The zero-order valence-corrected chi connectivity index (χ0v) is 15.4. The fourth-order valence-corrected chi connectivity index (χ4v) is 4.33. The quantitative estimate of drug-likeness (QED) is 0.649. The maximum atomic E-state index is 12.4. The molecule has 1 aromatic carbocycles. The molecule has 140 valence electrons. The van der Waals surface area contributed by atoms with Crippen molar-refractivity contribution in [2.45, 2.75) is 56.0 Å². The molecule has 0 spiro atoms. The highest BCUT2D eigenvalue weighted by molar-refractivity contribution is 7.89. The molecule has 25 heavy (non-hydrogen) atoms. The van der Waals surface area contributed by atoms with Gasteiger partial charge in [-0.25, -0.2) is 17.9 Å². The van der Waals surface area contributed by atoms with E-state index in [-0.39, 0.29) is 23.1 Å². The molecular weight excluding hydrogens is 344 g/mol. The Labute approximate surface area is 148 Å². The van der Waals surface area contributed by atoms with Crippen molar-refractivity contribution in [3.8, 4) is 0 Å². The lowest BCUT2D eigenvalue weighted by Gasteiger charge is -2.25. The van der Waals surface area contributed by atoms with E-state index in [1.165, 1.54) is 31.7 Å². The highest BCUT2D eigenvalue weighted by Crippen LogP contribution is 2.26. The van der Waals surface area contributed by atoms with Gasteiger partial charge in [0.15, 0.2) is 0 Å². The first-order chi connectivity index (χ1) is 11.8. The van der Waals surface area contributed by atoms with Crippen LogP contribution in [0.4, 0.5) is 5.69 Å². The van der Waals surface area contributed by atoms with Crippen molar-refractivity contribution in [1.82, 2.24) is 4.72 Å². The van der Waals surface area contributed by atoms with Crippen molar-refractivity contribution in [3.63, 3.8) is 0 Å². The third-order valence-corrected chi connectivity index (χ3v) is 5.86. The number of carboxylic acid groups (broad SMARTS) is 1. The summed E-state index contributed by atoms with van der Waals surface area (Å²) in [5, 5.41) is 12.7. The van der Waals surface area contributed by atoms with Gasteiger partial charge < -0.3 is 15.2 Å². The molecule has 8 heteroatoms. The van der Waals surface area contributed by atoms with Crippen molar-refractivity contribution < 1.29 is 23.1 Å². The van der Waals surface area contributed by atoms with Gasteiger partial charge in [0, 0.05) is 24.9 Å². The lowest BCUT2D eigenvalue weighted by molar-refractivity contribution is 0.0697. The average molecular weight is 370 g/mol. The number of carbonyl (C=O) groups is 1. The summed E-state index contributed by atoms with van der Waals surface area (Å²) in [6.07, 6.45) is 5.43. The number of methoxy groups -OCH3 is 1. The van der Waals surface area contributed by atoms with Gasteiger partial charge in [0.1, 0.15) is 0 Å². The first-order valence-electron chi connectivity index (χ1n) is 8.48. The number of aromatic carboxylic acids is 1. The minimum absolute atomic E-state index is 0.0344. The Hall–Kier alpha value is -1.64. The molecule has 0 unspecified atom stereocenters. The molecule has 7 nitrogen and oxygen atoms in total. The number of benzene rings is 1. The predicted octanol–water partition coefficient (Wildman–Crippen LogP) is 2.44. The number of hydrogen-bond donors (Lipinski definition) is 3. The zero-order valence-electron chi connectivity index (χ0n) is 14.6. The topological polar surface area (TPSA) is 105 Å². The number of rotatable bonds is 8. The Bertz CT molecular complexity index is 699. The predicted molar refractivity (Wildman–Crippen MR) is 95.6 cm³/mol. The molecule has 0 radical (unpaired) electrons. The molecule has 2 rings (SSSR count). The van der Waals surface area contributed by atoms with Crippen LogP contribution in [0.2, 0.25) is 0 Å². The average Bonchev–Trinajstić information content (AvgIpc) is 2.55. The normalized spacial score (nSPS) is 17.2. The molecule has 1 fully saturated rings. The van der Waals surface area contributed by atoms with Gasteiger partial charge in [0.25, 0.3) is 0 Å². The van der Waals surface area contributed by atoms with E-state index in [1.807, 2.05) is 0 Å². The number of sulfonamides is 1. The minimum Gasteiger partial charge on any atom is -0.478 e. The van der Waals surface area contributed by atoms with E-state index in [1.54, 1.807) is 6.92 Å². The van der Waals surface area contributed by atoms with E-state index >= 15 is 0 Å². The van der Waals surface area contributed by atoms with Crippen LogP contribution in [0.3, 0.4) is 0 Å². The molecule has 0 aliphatic heterocycles. The van der Waals surface area contributed by atoms with Crippen LogP contribution in [0.25, 0.3) is 0 Å². The van der Waals surface area contributed by atoms with Crippen LogP contribution in [-0.2, 0) is 14.8 Å². The lowest BCUT2D eigenvalue weighted by atomic mass is 9.95. The van der Waals surface area contributed by atoms with Crippen LogP contribution in [0.15, 0.2) is 23.1 Å². The van der Waals surface area contributed by atoms with Crippen molar-refractivity contribution in [3.05, 3.63) is 23.8 Å². The van der Waals surface area contributed by atoms with Crippen LogP contribution in [-0.4, -0.2) is 45.3 Å². The summed E-state index contributed by atoms with van der Waals surface area (Å²) in [5.41, 5.74) is 0.427. The maximum absolute atomic E-state index is 12.4. The third-order valence-electron chi connectivity index (χ3n) is 4.27. The third kappa shape index (κ3) is 5.42. The SMILES string of the molecule is COC[C@H](C)NS(=O)(=O)c1ccc(NC2CCCCC2)c(C(=O)O)c1. The van der Waals surface area contributed by atoms with Gasteiger partial charge in [0.05, 0.1) is 17.1 Å². The van der Waals surface area contributed by atoms with E-state index in [4.69, 9.17) is 4.74 Å². The van der Waals surface area contributed by atoms with Crippen molar-refractivity contribution in [1.29, 1.82) is 0 Å². The number of anilines is 1. The molecule has 3 N–H and O–H groups in total. The highest BCUT2D eigenvalue weighted by atomic mass is 32.2. The van der Waals surface area contributed by atoms with E-state index < -0.39 is 22.0 Å². The Morgan fingerprint density at radius 2 is 2.00 bits per heavy atom. The number of ether oxygens (including phenoxy) is 1. The number of hydrogen-bond acceptors (Lipinski definition) is 5. The van der Waals surface area contributed by atoms with Crippen molar-refractivity contribution >= 4 is 21.7 Å². The molecule has 1 aliphatic rings. The number of nitrogens with one attached hydrogen (secondary N) is 2. The van der Waals surface area contributed by atoms with E-state index in [2.05, 4.69) is 10.0 Å². The summed E-state index contributed by atoms with van der Waals surface area (Å²) in [4.78, 5) is 11.5. The molecule has 1 saturated carbocycles. The summed E-state index contributed by atoms with van der Waals surface area (Å²) >= 11 is 0. The Kier molecular flexibility index (Phi) is 6.80. The molecule has 1 atom stereocenters. The second-order valence-corrected chi connectivity index (χ2v) is 8.18. The molecule has 0 heterocycles. The first-order valence-corrected chi connectivity index (χ1v) is 9.97. The summed E-state index contributed by atoms with van der Waals surface area (Å²) in [7, 11) is -2.32. The molecule has 1 aromatic rings. The summed E-state index contributed by atoms with van der Waals surface area (Å²) in [6.45, 7) is 1.91. The smallest absolute Gasteiger partial charge is 0.337 e. The maximum Gasteiger partial charge on any atom is 0.337 e. The molecule has 1 aliphatic carbocycles. The molecule has 0 saturated heterocycles. The van der Waals surface area contributed by atoms with Gasteiger partial charge in [-0.2, -0.15) is 0 Å². The minimum atomic E-state index is -3.81. The van der Waals surface area contributed by atoms with Gasteiger partial charge >= 0.3 is 5.97 Å². The van der Waals surface area contributed by atoms with Crippen LogP contribution in [0.1, 0.15) is 49.4 Å². The monoisotopic (exact) mass is 370 g/mol. The molecule has 0 bridgehead atoms. The standard InChI is InChI=1S/C17H26N2O5S/c1-12(11-24-2)19-25(22,23)14-8-9-16(15(10-14)17(20)21)18-13-6-4-3-5-7-13/h8-10,12-13,18-19H,3-7,11H2,1-2H3,(H,20,21)/t12-/m0/s1. The zero-order chi connectivity index (χ0) is 18.4. The summed E-state index contributed by atoms with van der Waals surface area (Å²) in [5.74, 6) is -1.15. The van der Waals surface area contributed by atoms with Crippen molar-refractivity contribution in [2.24, 2.45) is 0 Å². The van der Waals surface area contributed by atoms with Gasteiger partial charge in [-0.15, -0.1) is 0 Å². The first kappa shape index (κ1) is 19.7. The van der Waals surface area contributed by atoms with E-state index in [0.717, 1.165) is 25.7 Å². The largest absolute Gasteiger partial charge is 0.478 e. The second kappa shape index (κ2) is 8.64. The van der Waals surface area contributed by atoms with Crippen LogP contribution < -0.4 is 10.0 Å². The fraction of sp³-hybridized carbons (Fsp3) is 0.588. The van der Waals surface area contributed by atoms with Gasteiger partial charge in [-0.05, 0) is 38.0 Å². The van der Waals surface area contributed by atoms with E-state index in [9.17, 15) is 18.3 Å². The Morgan fingerprint density at radius 1 is 1.32 bits per heavy atom. The number of carboxylic acids is 1. The summed E-state index contributed by atoms with van der Waals surface area (Å²) in [6, 6.07) is 3.99. The van der Waals surface area contributed by atoms with Gasteiger partial charge in [-0.1, -0.05) is 19.3 Å². The van der Waals surface area contributed by atoms with Crippen molar-refractivity contribution in [2.75, 3.05) is 19.0 Å². The highest BCUT2D eigenvalue weighted by Gasteiger charge is 2.22. The van der Waals surface area contributed by atoms with Gasteiger partial charge in [0.2, 0.25) is 10.0 Å². The second-order valence-electron chi connectivity index (χ2n) is 6.47. The molecule has 0 amide bonds. The fourth-order valence-electron chi connectivity index (χ4n) is 3.08. The van der Waals surface area contributed by atoms with Gasteiger partial charge in [-0.3, -0.25) is 0 Å². The van der Waals surface area contributed by atoms with Crippen LogP contribution in [0.5, 0.6) is 0 Å². The lowest BCUT2D eigenvalue weighted by Crippen LogP contribution is -2.35. The van der Waals surface area contributed by atoms with Crippen LogP contribution >= 0.6 is 0 Å². The Morgan fingerprint density at radius 3 is 2.60 bits per heavy atom. The summed E-state index contributed by atoms with van der Waals surface area (Å²) < 4.78 is 32.2.